The van der Waals surface area contributed by atoms with Crippen LogP contribution in [-0.2, 0) is 9.59 Å². The van der Waals surface area contributed by atoms with Crippen LogP contribution < -0.4 is 5.32 Å². The molecule has 0 bridgehead atoms. The predicted molar refractivity (Wildman–Crippen MR) is 67.4 cm³/mol. The highest BCUT2D eigenvalue weighted by atomic mass is 16.2. The number of nitrogens with zero attached hydrogens (tertiary/aromatic N) is 1. The highest BCUT2D eigenvalue weighted by Gasteiger charge is 2.41. The van der Waals surface area contributed by atoms with Crippen LogP contribution >= 0.6 is 0 Å². The Balaban J connectivity index is 2.95. The summed E-state index contributed by atoms with van der Waals surface area (Å²) in [7, 11) is 0. The molecule has 4 unspecified atom stereocenters. The Morgan fingerprint density at radius 1 is 1.24 bits per heavy atom. The second kappa shape index (κ2) is 5.52. The molecule has 0 aliphatic carbocycles. The normalized spacial score (nSPS) is 28.9. The van der Waals surface area contributed by atoms with E-state index < -0.39 is 0 Å². The number of hydrogen-bond acceptors (Lipinski definition) is 2. The first-order valence-corrected chi connectivity index (χ1v) is 6.56. The molecule has 0 radical (unpaired) electrons. The fourth-order valence-electron chi connectivity index (χ4n) is 2.23. The maximum Gasteiger partial charge on any atom is 0.246 e. The minimum atomic E-state index is -0.349. The fraction of sp³-hybridized carbons (Fsp3) is 0.846. The third-order valence-corrected chi connectivity index (χ3v) is 3.89. The van der Waals surface area contributed by atoms with Crippen LogP contribution in [0.25, 0.3) is 0 Å². The molecular weight excluding hydrogens is 216 g/mol. The smallest absolute Gasteiger partial charge is 0.246 e. The summed E-state index contributed by atoms with van der Waals surface area (Å²) in [4.78, 5) is 26.0. The van der Waals surface area contributed by atoms with E-state index in [0.29, 0.717) is 0 Å². The van der Waals surface area contributed by atoms with Crippen LogP contribution in [0, 0.1) is 5.92 Å². The highest BCUT2D eigenvalue weighted by Crippen LogP contribution is 2.20. The molecule has 1 aliphatic rings. The zero-order chi connectivity index (χ0) is 13.2. The molecule has 0 aromatic rings. The van der Waals surface area contributed by atoms with Gasteiger partial charge in [-0.05, 0) is 26.2 Å². The van der Waals surface area contributed by atoms with Crippen molar-refractivity contribution in [2.45, 2.75) is 65.6 Å². The first-order valence-electron chi connectivity index (χ1n) is 6.56. The van der Waals surface area contributed by atoms with E-state index in [1.54, 1.807) is 11.8 Å². The molecule has 1 heterocycles. The largest absolute Gasteiger partial charge is 0.342 e. The third kappa shape index (κ3) is 2.61. The van der Waals surface area contributed by atoms with Crippen LogP contribution in [0.15, 0.2) is 0 Å². The van der Waals surface area contributed by atoms with E-state index >= 15 is 0 Å². The minimum absolute atomic E-state index is 0.0322. The summed E-state index contributed by atoms with van der Waals surface area (Å²) < 4.78 is 0. The number of hydrogen-bond donors (Lipinski definition) is 1. The van der Waals surface area contributed by atoms with Gasteiger partial charge in [-0.3, -0.25) is 9.59 Å². The molecule has 1 fully saturated rings. The summed E-state index contributed by atoms with van der Waals surface area (Å²) in [5.74, 6) is 0.224. The van der Waals surface area contributed by atoms with E-state index in [2.05, 4.69) is 5.32 Å². The zero-order valence-corrected chi connectivity index (χ0v) is 11.5. The molecule has 4 heteroatoms. The Hall–Kier alpha value is -1.06. The summed E-state index contributed by atoms with van der Waals surface area (Å²) in [6, 6.07) is -0.578. The van der Waals surface area contributed by atoms with Crippen LogP contribution in [0.4, 0.5) is 0 Å². The molecule has 17 heavy (non-hydrogen) atoms. The van der Waals surface area contributed by atoms with Crippen LogP contribution in [0.2, 0.25) is 0 Å². The molecule has 1 aliphatic heterocycles. The maximum absolute atomic E-state index is 12.4. The topological polar surface area (TPSA) is 49.4 Å². The molecule has 0 saturated carbocycles. The van der Waals surface area contributed by atoms with Crippen molar-refractivity contribution in [3.63, 3.8) is 0 Å². The van der Waals surface area contributed by atoms with Crippen LogP contribution in [-0.4, -0.2) is 34.8 Å². The van der Waals surface area contributed by atoms with Crippen LogP contribution in [0.1, 0.15) is 47.5 Å². The quantitative estimate of drug-likeness (QED) is 0.810. The Bertz CT molecular complexity index is 304. The molecule has 4 atom stereocenters. The average molecular weight is 240 g/mol. The summed E-state index contributed by atoms with van der Waals surface area (Å²) >= 11 is 0. The van der Waals surface area contributed by atoms with E-state index in [0.717, 1.165) is 12.8 Å². The van der Waals surface area contributed by atoms with E-state index in [9.17, 15) is 9.59 Å². The van der Waals surface area contributed by atoms with E-state index in [1.807, 2.05) is 27.7 Å². The van der Waals surface area contributed by atoms with Gasteiger partial charge in [0.1, 0.15) is 12.1 Å². The van der Waals surface area contributed by atoms with E-state index in [1.165, 1.54) is 0 Å². The summed E-state index contributed by atoms with van der Waals surface area (Å²) in [6.45, 7) is 9.88. The Kier molecular flexibility index (Phi) is 4.54. The lowest BCUT2D eigenvalue weighted by atomic mass is 9.93. The lowest BCUT2D eigenvalue weighted by molar-refractivity contribution is -0.152. The molecular formula is C13H24N2O2. The van der Waals surface area contributed by atoms with Gasteiger partial charge in [0.2, 0.25) is 11.8 Å². The zero-order valence-electron chi connectivity index (χ0n) is 11.5. The van der Waals surface area contributed by atoms with Crippen molar-refractivity contribution in [1.29, 1.82) is 0 Å². The first-order chi connectivity index (χ1) is 7.93. The van der Waals surface area contributed by atoms with Crippen LogP contribution in [0.5, 0.6) is 0 Å². The van der Waals surface area contributed by atoms with Gasteiger partial charge in [0.15, 0.2) is 0 Å². The second-order valence-electron chi connectivity index (χ2n) is 5.05. The predicted octanol–water partition coefficient (Wildman–Crippen LogP) is 1.55. The number of rotatable bonds is 4. The van der Waals surface area contributed by atoms with E-state index in [4.69, 9.17) is 0 Å². The molecule has 1 rings (SSSR count). The Morgan fingerprint density at radius 2 is 1.82 bits per heavy atom. The van der Waals surface area contributed by atoms with Crippen molar-refractivity contribution in [2.24, 2.45) is 5.92 Å². The van der Waals surface area contributed by atoms with Gasteiger partial charge in [0, 0.05) is 6.04 Å². The number of piperazine rings is 1. The highest BCUT2D eigenvalue weighted by molar-refractivity contribution is 5.97. The molecule has 1 saturated heterocycles. The van der Waals surface area contributed by atoms with Crippen molar-refractivity contribution >= 4 is 11.8 Å². The van der Waals surface area contributed by atoms with Crippen molar-refractivity contribution in [3.8, 4) is 0 Å². The Labute approximate surface area is 104 Å². The van der Waals surface area contributed by atoms with E-state index in [-0.39, 0.29) is 35.9 Å². The lowest BCUT2D eigenvalue weighted by Crippen LogP contribution is -2.65. The van der Waals surface area contributed by atoms with Gasteiger partial charge in [-0.1, -0.05) is 27.2 Å². The van der Waals surface area contributed by atoms with Crippen molar-refractivity contribution in [3.05, 3.63) is 0 Å². The van der Waals surface area contributed by atoms with Crippen LogP contribution in [0.3, 0.4) is 0 Å². The summed E-state index contributed by atoms with van der Waals surface area (Å²) in [5, 5.41) is 2.85. The van der Waals surface area contributed by atoms with Crippen molar-refractivity contribution in [2.75, 3.05) is 0 Å². The van der Waals surface area contributed by atoms with Gasteiger partial charge >= 0.3 is 0 Å². The molecule has 98 valence electrons. The molecule has 0 aromatic heterocycles. The molecule has 0 spiro atoms. The molecule has 0 aromatic carbocycles. The maximum atomic E-state index is 12.4. The lowest BCUT2D eigenvalue weighted by Gasteiger charge is -2.42. The number of amides is 2. The third-order valence-electron chi connectivity index (χ3n) is 3.89. The number of carbonyl (C=O) groups is 2. The van der Waals surface area contributed by atoms with Gasteiger partial charge in [-0.15, -0.1) is 0 Å². The van der Waals surface area contributed by atoms with Crippen molar-refractivity contribution in [1.82, 2.24) is 10.2 Å². The number of carbonyl (C=O) groups excluding carboxylic acids is 2. The molecule has 4 nitrogen and oxygen atoms in total. The van der Waals surface area contributed by atoms with Gasteiger partial charge in [0.05, 0.1) is 0 Å². The minimum Gasteiger partial charge on any atom is -0.342 e. The molecule has 1 N–H and O–H groups in total. The SMILES string of the molecule is CCC(C)C1NC(=O)C(C)N(C(C)CC)C1=O. The fourth-order valence-corrected chi connectivity index (χ4v) is 2.23. The Morgan fingerprint density at radius 3 is 2.29 bits per heavy atom. The molecule has 2 amide bonds. The number of nitrogens with one attached hydrogen (secondary N) is 1. The second-order valence-corrected chi connectivity index (χ2v) is 5.05. The summed E-state index contributed by atoms with van der Waals surface area (Å²) in [6.07, 6.45) is 1.76. The monoisotopic (exact) mass is 240 g/mol. The van der Waals surface area contributed by atoms with Gasteiger partial charge in [0.25, 0.3) is 0 Å². The average Bonchev–Trinajstić information content (AvgIpc) is 2.32. The van der Waals surface area contributed by atoms with Gasteiger partial charge in [-0.2, -0.15) is 0 Å². The van der Waals surface area contributed by atoms with Crippen molar-refractivity contribution < 1.29 is 9.59 Å². The first kappa shape index (κ1) is 14.0. The standard InChI is InChI=1S/C13H24N2O2/c1-6-8(3)11-13(17)15(9(4)7-2)10(5)12(16)14-11/h8-11H,6-7H2,1-5H3,(H,14,16). The summed E-state index contributed by atoms with van der Waals surface area (Å²) in [5.41, 5.74) is 0. The van der Waals surface area contributed by atoms with Gasteiger partial charge in [-0.25, -0.2) is 0 Å². The van der Waals surface area contributed by atoms with Gasteiger partial charge < -0.3 is 10.2 Å².